The first-order valence-corrected chi connectivity index (χ1v) is 5.27. The molecule has 16 heavy (non-hydrogen) atoms. The van der Waals surface area contributed by atoms with Gasteiger partial charge in [-0.15, -0.1) is 6.58 Å². The number of rotatable bonds is 4. The average Bonchev–Trinajstić information content (AvgIpc) is 2.21. The zero-order valence-electron chi connectivity index (χ0n) is 8.37. The van der Waals surface area contributed by atoms with Gasteiger partial charge in [-0.25, -0.2) is 4.79 Å². The van der Waals surface area contributed by atoms with Crippen molar-refractivity contribution in [3.63, 3.8) is 0 Å². The number of amides is 1. The Morgan fingerprint density at radius 1 is 1.50 bits per heavy atom. The zero-order valence-corrected chi connectivity index (χ0v) is 9.95. The van der Waals surface area contributed by atoms with E-state index in [1.165, 1.54) is 18.2 Å². The molecule has 0 aliphatic heterocycles. The van der Waals surface area contributed by atoms with Gasteiger partial charge in [-0.1, -0.05) is 6.08 Å². The zero-order chi connectivity index (χ0) is 12.1. The van der Waals surface area contributed by atoms with E-state index in [9.17, 15) is 9.59 Å². The van der Waals surface area contributed by atoms with Gasteiger partial charge < -0.3 is 10.4 Å². The van der Waals surface area contributed by atoms with Gasteiger partial charge in [0.25, 0.3) is 0 Å². The summed E-state index contributed by atoms with van der Waals surface area (Å²) in [6, 6.07) is 4.43. The van der Waals surface area contributed by atoms with Crippen LogP contribution in [0.3, 0.4) is 0 Å². The lowest BCUT2D eigenvalue weighted by Gasteiger charge is -2.07. The lowest BCUT2D eigenvalue weighted by atomic mass is 10.2. The highest BCUT2D eigenvalue weighted by Gasteiger charge is 2.08. The summed E-state index contributed by atoms with van der Waals surface area (Å²) >= 11 is 3.23. The molecule has 0 unspecified atom stereocenters. The standard InChI is InChI=1S/C11H10BrNO3/c1-2-3-10(14)13-9-6-7(11(15)16)4-5-8(9)12/h2,4-6H,1,3H2,(H,13,14)(H,15,16). The number of carbonyl (C=O) groups excluding carboxylic acids is 1. The summed E-state index contributed by atoms with van der Waals surface area (Å²) in [5.41, 5.74) is 0.559. The van der Waals surface area contributed by atoms with Crippen molar-refractivity contribution in [2.24, 2.45) is 0 Å². The molecule has 0 radical (unpaired) electrons. The Balaban J connectivity index is 2.94. The first kappa shape index (κ1) is 12.4. The van der Waals surface area contributed by atoms with E-state index in [0.717, 1.165) is 0 Å². The molecule has 1 aromatic carbocycles. The number of carbonyl (C=O) groups is 2. The molecule has 0 aliphatic rings. The number of aromatic carboxylic acids is 1. The van der Waals surface area contributed by atoms with E-state index in [2.05, 4.69) is 27.8 Å². The molecule has 0 atom stereocenters. The van der Waals surface area contributed by atoms with Gasteiger partial charge in [-0.05, 0) is 34.1 Å². The Bertz CT molecular complexity index is 443. The van der Waals surface area contributed by atoms with Crippen molar-refractivity contribution < 1.29 is 14.7 Å². The molecule has 0 saturated carbocycles. The molecular formula is C11H10BrNO3. The average molecular weight is 284 g/mol. The Morgan fingerprint density at radius 2 is 2.19 bits per heavy atom. The molecule has 0 aromatic heterocycles. The molecule has 0 saturated heterocycles. The van der Waals surface area contributed by atoms with Gasteiger partial charge in [0.1, 0.15) is 0 Å². The highest BCUT2D eigenvalue weighted by molar-refractivity contribution is 9.10. The minimum absolute atomic E-state index is 0.122. The predicted molar refractivity (Wildman–Crippen MR) is 64.5 cm³/mol. The normalized spacial score (nSPS) is 9.56. The minimum Gasteiger partial charge on any atom is -0.478 e. The third-order valence-electron chi connectivity index (χ3n) is 1.82. The molecule has 0 aliphatic carbocycles. The summed E-state index contributed by atoms with van der Waals surface area (Å²) in [6.45, 7) is 3.44. The van der Waals surface area contributed by atoms with Gasteiger partial charge in [0.05, 0.1) is 11.3 Å². The number of hydrogen-bond donors (Lipinski definition) is 2. The third-order valence-corrected chi connectivity index (χ3v) is 2.51. The van der Waals surface area contributed by atoms with Crippen molar-refractivity contribution in [3.05, 3.63) is 40.9 Å². The summed E-state index contributed by atoms with van der Waals surface area (Å²) < 4.78 is 0.634. The SMILES string of the molecule is C=CCC(=O)Nc1cc(C(=O)O)ccc1Br. The van der Waals surface area contributed by atoms with Crippen LogP contribution in [0.1, 0.15) is 16.8 Å². The molecule has 4 nitrogen and oxygen atoms in total. The summed E-state index contributed by atoms with van der Waals surface area (Å²) in [5, 5.41) is 11.4. The largest absolute Gasteiger partial charge is 0.478 e. The highest BCUT2D eigenvalue weighted by atomic mass is 79.9. The molecule has 84 valence electrons. The third kappa shape index (κ3) is 3.20. The topological polar surface area (TPSA) is 66.4 Å². The van der Waals surface area contributed by atoms with Crippen molar-refractivity contribution in [2.75, 3.05) is 5.32 Å². The van der Waals surface area contributed by atoms with Gasteiger partial charge in [0.15, 0.2) is 0 Å². The minimum atomic E-state index is -1.04. The number of carboxylic acids is 1. The molecular weight excluding hydrogens is 274 g/mol. The van der Waals surface area contributed by atoms with Crippen LogP contribution in [-0.2, 0) is 4.79 Å². The number of nitrogens with one attached hydrogen (secondary N) is 1. The second-order valence-corrected chi connectivity index (χ2v) is 3.90. The Hall–Kier alpha value is -1.62. The van der Waals surface area contributed by atoms with Crippen LogP contribution in [0.15, 0.2) is 35.3 Å². The van der Waals surface area contributed by atoms with Crippen LogP contribution >= 0.6 is 15.9 Å². The summed E-state index contributed by atoms with van der Waals surface area (Å²) in [6.07, 6.45) is 1.66. The molecule has 0 spiro atoms. The van der Waals surface area contributed by atoms with E-state index in [0.29, 0.717) is 10.2 Å². The van der Waals surface area contributed by atoms with Crippen LogP contribution in [0.5, 0.6) is 0 Å². The van der Waals surface area contributed by atoms with Crippen LogP contribution < -0.4 is 5.32 Å². The van der Waals surface area contributed by atoms with Crippen molar-refractivity contribution in [2.45, 2.75) is 6.42 Å². The van der Waals surface area contributed by atoms with Gasteiger partial charge in [0.2, 0.25) is 5.91 Å². The quantitative estimate of drug-likeness (QED) is 0.835. The second-order valence-electron chi connectivity index (χ2n) is 3.04. The van der Waals surface area contributed by atoms with Crippen LogP contribution in [0.25, 0.3) is 0 Å². The van der Waals surface area contributed by atoms with Crippen molar-refractivity contribution in [3.8, 4) is 0 Å². The Labute approximate surface area is 101 Å². The first-order valence-electron chi connectivity index (χ1n) is 4.48. The monoisotopic (exact) mass is 283 g/mol. The van der Waals surface area contributed by atoms with Gasteiger partial charge in [0, 0.05) is 10.9 Å². The van der Waals surface area contributed by atoms with E-state index < -0.39 is 5.97 Å². The van der Waals surface area contributed by atoms with Crippen LogP contribution in [0.4, 0.5) is 5.69 Å². The maximum atomic E-state index is 11.3. The van der Waals surface area contributed by atoms with Crippen molar-refractivity contribution in [1.82, 2.24) is 0 Å². The molecule has 1 amide bonds. The fraction of sp³-hybridized carbons (Fsp3) is 0.0909. The predicted octanol–water partition coefficient (Wildman–Crippen LogP) is 2.66. The maximum Gasteiger partial charge on any atom is 0.335 e. The fourth-order valence-corrected chi connectivity index (χ4v) is 1.43. The first-order chi connectivity index (χ1) is 7.54. The Morgan fingerprint density at radius 3 is 2.75 bits per heavy atom. The van der Waals surface area contributed by atoms with Crippen molar-refractivity contribution in [1.29, 1.82) is 0 Å². The van der Waals surface area contributed by atoms with Gasteiger partial charge >= 0.3 is 5.97 Å². The number of halogens is 1. The maximum absolute atomic E-state index is 11.3. The van der Waals surface area contributed by atoms with Crippen LogP contribution in [0.2, 0.25) is 0 Å². The fourth-order valence-electron chi connectivity index (χ4n) is 1.09. The smallest absolute Gasteiger partial charge is 0.335 e. The number of hydrogen-bond acceptors (Lipinski definition) is 2. The molecule has 5 heteroatoms. The van der Waals surface area contributed by atoms with E-state index >= 15 is 0 Å². The molecule has 0 fully saturated rings. The number of benzene rings is 1. The lowest BCUT2D eigenvalue weighted by molar-refractivity contribution is -0.115. The number of carboxylic acid groups (broad SMARTS) is 1. The van der Waals surface area contributed by atoms with E-state index in [1.54, 1.807) is 6.07 Å². The molecule has 0 heterocycles. The van der Waals surface area contributed by atoms with E-state index in [1.807, 2.05) is 0 Å². The highest BCUT2D eigenvalue weighted by Crippen LogP contribution is 2.23. The molecule has 1 rings (SSSR count). The van der Waals surface area contributed by atoms with E-state index in [4.69, 9.17) is 5.11 Å². The Kier molecular flexibility index (Phi) is 4.25. The number of anilines is 1. The van der Waals surface area contributed by atoms with Gasteiger partial charge in [-0.3, -0.25) is 4.79 Å². The molecule has 2 N–H and O–H groups in total. The van der Waals surface area contributed by atoms with E-state index in [-0.39, 0.29) is 17.9 Å². The van der Waals surface area contributed by atoms with Crippen LogP contribution in [0, 0.1) is 0 Å². The lowest BCUT2D eigenvalue weighted by Crippen LogP contribution is -2.11. The van der Waals surface area contributed by atoms with Gasteiger partial charge in [-0.2, -0.15) is 0 Å². The second kappa shape index (κ2) is 5.46. The summed E-state index contributed by atoms with van der Waals surface area (Å²) in [5.74, 6) is -1.27. The van der Waals surface area contributed by atoms with Crippen LogP contribution in [-0.4, -0.2) is 17.0 Å². The summed E-state index contributed by atoms with van der Waals surface area (Å²) in [7, 11) is 0. The summed E-state index contributed by atoms with van der Waals surface area (Å²) in [4.78, 5) is 22.0. The van der Waals surface area contributed by atoms with Crippen molar-refractivity contribution >= 4 is 33.5 Å². The molecule has 0 bridgehead atoms. The molecule has 1 aromatic rings.